The van der Waals surface area contributed by atoms with E-state index in [4.69, 9.17) is 4.42 Å². The Hall–Kier alpha value is -5.34. The van der Waals surface area contributed by atoms with Gasteiger partial charge in [-0.05, 0) is 118 Å². The van der Waals surface area contributed by atoms with Crippen LogP contribution in [0.3, 0.4) is 0 Å². The molecular weight excluding hydrogens is 546 g/mol. The van der Waals surface area contributed by atoms with Crippen LogP contribution in [0.25, 0.3) is 54.6 Å². The maximum absolute atomic E-state index is 6.60. The number of aryl methyl sites for hydroxylation is 3. The Morgan fingerprint density at radius 3 is 2.02 bits per heavy atom. The molecule has 0 saturated heterocycles. The Morgan fingerprint density at radius 2 is 1.20 bits per heavy atom. The first-order chi connectivity index (χ1) is 22.2. The van der Waals surface area contributed by atoms with Gasteiger partial charge in [-0.15, -0.1) is 0 Å². The largest absolute Gasteiger partial charge is 0.454 e. The van der Waals surface area contributed by atoms with E-state index >= 15 is 0 Å². The smallest absolute Gasteiger partial charge is 0.159 e. The maximum atomic E-state index is 6.60. The van der Waals surface area contributed by atoms with Gasteiger partial charge >= 0.3 is 0 Å². The molecule has 0 radical (unpaired) electrons. The van der Waals surface area contributed by atoms with Crippen molar-refractivity contribution in [2.45, 2.75) is 32.6 Å². The van der Waals surface area contributed by atoms with Gasteiger partial charge in [-0.1, -0.05) is 97.1 Å². The summed E-state index contributed by atoms with van der Waals surface area (Å²) in [6.45, 7) is 2.26. The maximum Gasteiger partial charge on any atom is 0.159 e. The van der Waals surface area contributed by atoms with E-state index in [1.54, 1.807) is 0 Å². The Bertz CT molecular complexity index is 2400. The number of furan rings is 1. The number of hydrogen-bond acceptors (Lipinski definition) is 2. The lowest BCUT2D eigenvalue weighted by molar-refractivity contribution is 0.669. The monoisotopic (exact) mass is 579 g/mol. The molecule has 45 heavy (non-hydrogen) atoms. The highest BCUT2D eigenvalue weighted by Gasteiger charge is 2.23. The summed E-state index contributed by atoms with van der Waals surface area (Å²) in [6.07, 6.45) is 4.84. The number of anilines is 3. The van der Waals surface area contributed by atoms with Gasteiger partial charge in [0.1, 0.15) is 5.58 Å². The third-order valence-corrected chi connectivity index (χ3v) is 9.73. The van der Waals surface area contributed by atoms with Crippen LogP contribution < -0.4 is 4.90 Å². The van der Waals surface area contributed by atoms with Crippen LogP contribution in [-0.2, 0) is 12.8 Å². The summed E-state index contributed by atoms with van der Waals surface area (Å²) in [5, 5.41) is 7.41. The van der Waals surface area contributed by atoms with Crippen LogP contribution in [0, 0.1) is 6.92 Å². The lowest BCUT2D eigenvalue weighted by Crippen LogP contribution is -2.14. The van der Waals surface area contributed by atoms with Gasteiger partial charge in [0.15, 0.2) is 5.58 Å². The fourth-order valence-corrected chi connectivity index (χ4v) is 7.54. The minimum atomic E-state index is 0.917. The molecule has 0 N–H and O–H groups in total. The van der Waals surface area contributed by atoms with Crippen LogP contribution in [0.5, 0.6) is 0 Å². The van der Waals surface area contributed by atoms with Crippen LogP contribution >= 0.6 is 0 Å². The molecule has 0 bridgehead atoms. The molecular formula is C43H33NO. The summed E-state index contributed by atoms with van der Waals surface area (Å²) in [5.41, 5.74) is 12.0. The summed E-state index contributed by atoms with van der Waals surface area (Å²) in [5.74, 6) is 0. The fraction of sp³-hybridized carbons (Fsp3) is 0.116. The van der Waals surface area contributed by atoms with Crippen LogP contribution in [0.1, 0.15) is 29.5 Å². The van der Waals surface area contributed by atoms with Crippen molar-refractivity contribution in [2.75, 3.05) is 4.90 Å². The summed E-state index contributed by atoms with van der Waals surface area (Å²) < 4.78 is 6.60. The zero-order valence-electron chi connectivity index (χ0n) is 25.4. The zero-order valence-corrected chi connectivity index (χ0v) is 25.4. The predicted molar refractivity (Wildman–Crippen MR) is 190 cm³/mol. The van der Waals surface area contributed by atoms with Crippen molar-refractivity contribution >= 4 is 60.5 Å². The van der Waals surface area contributed by atoms with Crippen LogP contribution in [0.4, 0.5) is 17.1 Å². The summed E-state index contributed by atoms with van der Waals surface area (Å²) in [7, 11) is 0. The fourth-order valence-electron chi connectivity index (χ4n) is 7.54. The van der Waals surface area contributed by atoms with Gasteiger partial charge < -0.3 is 9.32 Å². The van der Waals surface area contributed by atoms with Crippen molar-refractivity contribution in [3.05, 3.63) is 150 Å². The molecule has 8 aromatic rings. The molecule has 2 heteroatoms. The lowest BCUT2D eigenvalue weighted by atomic mass is 9.89. The van der Waals surface area contributed by atoms with Crippen molar-refractivity contribution in [3.8, 4) is 11.1 Å². The molecule has 1 aliphatic rings. The first kappa shape index (κ1) is 26.1. The van der Waals surface area contributed by atoms with Crippen molar-refractivity contribution in [2.24, 2.45) is 0 Å². The van der Waals surface area contributed by atoms with Crippen molar-refractivity contribution in [1.82, 2.24) is 0 Å². The molecule has 0 atom stereocenters. The molecule has 216 valence electrons. The van der Waals surface area contributed by atoms with Crippen LogP contribution in [-0.4, -0.2) is 0 Å². The Labute approximate surface area is 263 Å². The molecule has 7 aromatic carbocycles. The first-order valence-electron chi connectivity index (χ1n) is 16.1. The molecule has 0 spiro atoms. The highest BCUT2D eigenvalue weighted by atomic mass is 16.3. The van der Waals surface area contributed by atoms with E-state index in [-0.39, 0.29) is 0 Å². The van der Waals surface area contributed by atoms with E-state index in [2.05, 4.69) is 139 Å². The number of nitrogens with zero attached hydrogens (tertiary/aromatic N) is 1. The third kappa shape index (κ3) is 4.24. The van der Waals surface area contributed by atoms with Crippen LogP contribution in [0.2, 0.25) is 0 Å². The summed E-state index contributed by atoms with van der Waals surface area (Å²) in [4.78, 5) is 2.41. The summed E-state index contributed by atoms with van der Waals surface area (Å²) >= 11 is 0. The highest BCUT2D eigenvalue weighted by Crippen LogP contribution is 2.45. The van der Waals surface area contributed by atoms with Gasteiger partial charge in [-0.25, -0.2) is 0 Å². The second-order valence-corrected chi connectivity index (χ2v) is 12.4. The molecule has 9 rings (SSSR count). The van der Waals surface area contributed by atoms with Gasteiger partial charge in [0.05, 0.1) is 5.69 Å². The highest BCUT2D eigenvalue weighted by molar-refractivity contribution is 6.14. The number of rotatable bonds is 4. The average molecular weight is 580 g/mol. The predicted octanol–water partition coefficient (Wildman–Crippen LogP) is 12.2. The quantitative estimate of drug-likeness (QED) is 0.193. The Morgan fingerprint density at radius 1 is 0.533 bits per heavy atom. The first-order valence-corrected chi connectivity index (χ1v) is 16.1. The molecule has 0 amide bonds. The molecule has 2 nitrogen and oxygen atoms in total. The third-order valence-electron chi connectivity index (χ3n) is 9.73. The van der Waals surface area contributed by atoms with Gasteiger partial charge in [0.2, 0.25) is 0 Å². The standard InChI is InChI=1S/C43H33NO/c1-28-25-30-11-2-3-12-31(30)27-41(28)44(40-19-10-18-38-37-17-8-9-20-42(37)45-43(38)40)33-23-21-29(22-24-33)39-26-32-13-4-5-14-34(32)35-15-6-7-16-36(35)39/h4-10,13-27H,2-3,11-12H2,1H3. The zero-order chi connectivity index (χ0) is 29.9. The lowest BCUT2D eigenvalue weighted by Gasteiger charge is -2.29. The van der Waals surface area contributed by atoms with E-state index < -0.39 is 0 Å². The van der Waals surface area contributed by atoms with Crippen molar-refractivity contribution in [3.63, 3.8) is 0 Å². The van der Waals surface area contributed by atoms with Crippen molar-refractivity contribution < 1.29 is 4.42 Å². The van der Waals surface area contributed by atoms with E-state index in [0.29, 0.717) is 0 Å². The van der Waals surface area contributed by atoms with E-state index in [1.165, 1.54) is 74.3 Å². The number of hydrogen-bond donors (Lipinski definition) is 0. The molecule has 0 unspecified atom stereocenters. The second kappa shape index (κ2) is 10.4. The van der Waals surface area contributed by atoms with Gasteiger partial charge in [-0.2, -0.15) is 0 Å². The second-order valence-electron chi connectivity index (χ2n) is 12.4. The normalized spacial score (nSPS) is 13.1. The van der Waals surface area contributed by atoms with Gasteiger partial charge in [0.25, 0.3) is 0 Å². The number of benzene rings is 7. The minimum absolute atomic E-state index is 0.917. The molecule has 1 heterocycles. The van der Waals surface area contributed by atoms with E-state index in [0.717, 1.165) is 39.7 Å². The van der Waals surface area contributed by atoms with Gasteiger partial charge in [-0.3, -0.25) is 0 Å². The average Bonchev–Trinajstić information content (AvgIpc) is 3.48. The van der Waals surface area contributed by atoms with Crippen LogP contribution in [0.15, 0.2) is 138 Å². The molecule has 0 aliphatic heterocycles. The SMILES string of the molecule is Cc1cc2c(cc1N(c1ccc(-c3cc4ccccc4c4ccccc34)cc1)c1cccc3c1oc1ccccc13)CCCC2. The molecule has 0 fully saturated rings. The Balaban J connectivity index is 1.25. The minimum Gasteiger partial charge on any atom is -0.454 e. The molecule has 1 aromatic heterocycles. The Kier molecular flexibility index (Phi) is 6.02. The number of para-hydroxylation sites is 2. The molecule has 0 saturated carbocycles. The molecule has 1 aliphatic carbocycles. The number of fused-ring (bicyclic) bond motifs is 7. The summed E-state index contributed by atoms with van der Waals surface area (Å²) in [6, 6.07) is 48.7. The van der Waals surface area contributed by atoms with E-state index in [9.17, 15) is 0 Å². The van der Waals surface area contributed by atoms with Gasteiger partial charge in [0, 0.05) is 22.1 Å². The topological polar surface area (TPSA) is 16.4 Å². The van der Waals surface area contributed by atoms with Crippen molar-refractivity contribution in [1.29, 1.82) is 0 Å². The van der Waals surface area contributed by atoms with E-state index in [1.807, 2.05) is 6.07 Å².